The van der Waals surface area contributed by atoms with Crippen LogP contribution in [0.15, 0.2) is 34.9 Å². The molecule has 0 saturated heterocycles. The quantitative estimate of drug-likeness (QED) is 0.908. The molecule has 1 aromatic heterocycles. The van der Waals surface area contributed by atoms with Gasteiger partial charge in [-0.05, 0) is 11.6 Å². The molecule has 1 N–H and O–H groups in total. The van der Waals surface area contributed by atoms with Gasteiger partial charge in [0.1, 0.15) is 5.69 Å². The number of benzene rings is 1. The highest BCUT2D eigenvalue weighted by atomic mass is 16.5. The number of aromatic nitrogens is 1. The van der Waals surface area contributed by atoms with E-state index in [0.29, 0.717) is 12.3 Å². The molecular weight excluding hydrogens is 258 g/mol. The van der Waals surface area contributed by atoms with Crippen molar-refractivity contribution in [1.29, 1.82) is 0 Å². The minimum absolute atomic E-state index is 0.135. The summed E-state index contributed by atoms with van der Waals surface area (Å²) in [6.45, 7) is 4.76. The van der Waals surface area contributed by atoms with Crippen LogP contribution in [-0.2, 0) is 10.2 Å². The zero-order chi connectivity index (χ0) is 14.8. The fourth-order valence-electron chi connectivity index (χ4n) is 2.06. The van der Waals surface area contributed by atoms with Gasteiger partial charge in [-0.25, -0.2) is 4.79 Å². The number of hydrogen-bond acceptors (Lipinski definition) is 4. The zero-order valence-electron chi connectivity index (χ0n) is 11.7. The molecule has 0 spiro atoms. The van der Waals surface area contributed by atoms with E-state index in [-0.39, 0.29) is 11.2 Å². The number of carboxylic acids is 1. The lowest BCUT2D eigenvalue weighted by molar-refractivity contribution is 0.0652. The first-order chi connectivity index (χ1) is 9.44. The van der Waals surface area contributed by atoms with Crippen LogP contribution in [0.25, 0.3) is 11.3 Å². The van der Waals surface area contributed by atoms with Crippen molar-refractivity contribution in [3.05, 3.63) is 41.7 Å². The zero-order valence-corrected chi connectivity index (χ0v) is 11.7. The fraction of sp³-hybridized carbons (Fsp3) is 0.333. The SMILES string of the molecule is COCC(C)(C)c1cccc(-c2cc(C(=O)O)on2)c1. The highest BCUT2D eigenvalue weighted by Crippen LogP contribution is 2.28. The van der Waals surface area contributed by atoms with Gasteiger partial charge in [-0.3, -0.25) is 0 Å². The minimum Gasteiger partial charge on any atom is -0.475 e. The van der Waals surface area contributed by atoms with Crippen LogP contribution in [0.4, 0.5) is 0 Å². The van der Waals surface area contributed by atoms with Crippen LogP contribution < -0.4 is 0 Å². The second-order valence-corrected chi connectivity index (χ2v) is 5.28. The molecule has 20 heavy (non-hydrogen) atoms. The van der Waals surface area contributed by atoms with E-state index >= 15 is 0 Å². The van der Waals surface area contributed by atoms with Gasteiger partial charge in [-0.2, -0.15) is 0 Å². The van der Waals surface area contributed by atoms with Crippen molar-refractivity contribution in [2.45, 2.75) is 19.3 Å². The normalized spacial score (nSPS) is 11.6. The smallest absolute Gasteiger partial charge is 0.374 e. The van der Waals surface area contributed by atoms with E-state index < -0.39 is 5.97 Å². The van der Waals surface area contributed by atoms with E-state index in [1.807, 2.05) is 24.3 Å². The molecule has 0 aliphatic carbocycles. The highest BCUT2D eigenvalue weighted by molar-refractivity contribution is 5.85. The Kier molecular flexibility index (Phi) is 3.90. The van der Waals surface area contributed by atoms with Crippen LogP contribution in [0.5, 0.6) is 0 Å². The lowest BCUT2D eigenvalue weighted by Gasteiger charge is -2.24. The molecule has 0 saturated carbocycles. The van der Waals surface area contributed by atoms with Crippen LogP contribution in [0, 0.1) is 0 Å². The summed E-state index contributed by atoms with van der Waals surface area (Å²) in [5, 5.41) is 12.6. The van der Waals surface area contributed by atoms with E-state index in [9.17, 15) is 4.79 Å². The lowest BCUT2D eigenvalue weighted by atomic mass is 9.84. The average Bonchev–Trinajstić information content (AvgIpc) is 2.88. The Morgan fingerprint density at radius 3 is 2.75 bits per heavy atom. The summed E-state index contributed by atoms with van der Waals surface area (Å²) in [5.74, 6) is -1.29. The molecule has 2 rings (SSSR count). The molecule has 0 radical (unpaired) electrons. The third kappa shape index (κ3) is 2.88. The molecule has 1 aromatic carbocycles. The number of methoxy groups -OCH3 is 1. The Balaban J connectivity index is 2.36. The second kappa shape index (κ2) is 5.46. The Labute approximate surface area is 117 Å². The number of aromatic carboxylic acids is 1. The number of rotatable bonds is 5. The van der Waals surface area contributed by atoms with Crippen LogP contribution in [0.3, 0.4) is 0 Å². The molecule has 2 aromatic rings. The summed E-state index contributed by atoms with van der Waals surface area (Å²) < 4.78 is 10.0. The maximum Gasteiger partial charge on any atom is 0.374 e. The summed E-state index contributed by atoms with van der Waals surface area (Å²) in [6.07, 6.45) is 0. The molecule has 106 valence electrons. The molecule has 0 amide bonds. The first-order valence-electron chi connectivity index (χ1n) is 6.24. The molecule has 1 heterocycles. The van der Waals surface area contributed by atoms with Gasteiger partial charge in [0.15, 0.2) is 0 Å². The summed E-state index contributed by atoms with van der Waals surface area (Å²) in [7, 11) is 1.67. The van der Waals surface area contributed by atoms with Gasteiger partial charge < -0.3 is 14.4 Å². The monoisotopic (exact) mass is 275 g/mol. The Hall–Kier alpha value is -2.14. The lowest BCUT2D eigenvalue weighted by Crippen LogP contribution is -2.23. The van der Waals surface area contributed by atoms with Crippen molar-refractivity contribution in [2.24, 2.45) is 0 Å². The molecule has 0 aliphatic rings. The third-order valence-electron chi connectivity index (χ3n) is 3.17. The molecule has 0 fully saturated rings. The molecule has 0 atom stereocenters. The van der Waals surface area contributed by atoms with Crippen molar-refractivity contribution in [3.63, 3.8) is 0 Å². The molecule has 5 nitrogen and oxygen atoms in total. The highest BCUT2D eigenvalue weighted by Gasteiger charge is 2.21. The predicted octanol–water partition coefficient (Wildman–Crippen LogP) is 2.96. The van der Waals surface area contributed by atoms with Crippen molar-refractivity contribution in [3.8, 4) is 11.3 Å². The van der Waals surface area contributed by atoms with Gasteiger partial charge in [0.2, 0.25) is 5.76 Å². The van der Waals surface area contributed by atoms with Crippen molar-refractivity contribution in [2.75, 3.05) is 13.7 Å². The van der Waals surface area contributed by atoms with E-state index in [4.69, 9.17) is 14.4 Å². The summed E-state index contributed by atoms with van der Waals surface area (Å²) in [6, 6.07) is 9.20. The molecule has 0 unspecified atom stereocenters. The van der Waals surface area contributed by atoms with E-state index in [0.717, 1.165) is 11.1 Å². The third-order valence-corrected chi connectivity index (χ3v) is 3.17. The topological polar surface area (TPSA) is 72.6 Å². The number of carboxylic acid groups (broad SMARTS) is 1. The Morgan fingerprint density at radius 1 is 1.40 bits per heavy atom. The van der Waals surface area contributed by atoms with Gasteiger partial charge >= 0.3 is 5.97 Å². The number of nitrogens with zero attached hydrogens (tertiary/aromatic N) is 1. The van der Waals surface area contributed by atoms with Crippen LogP contribution in [0.2, 0.25) is 0 Å². The average molecular weight is 275 g/mol. The predicted molar refractivity (Wildman–Crippen MR) is 73.8 cm³/mol. The van der Waals surface area contributed by atoms with Crippen molar-refractivity contribution in [1.82, 2.24) is 5.16 Å². The maximum atomic E-state index is 10.8. The van der Waals surface area contributed by atoms with Gasteiger partial charge in [0.05, 0.1) is 6.61 Å². The van der Waals surface area contributed by atoms with Crippen molar-refractivity contribution >= 4 is 5.97 Å². The van der Waals surface area contributed by atoms with Gasteiger partial charge in [0.25, 0.3) is 0 Å². The van der Waals surface area contributed by atoms with E-state index in [1.54, 1.807) is 7.11 Å². The van der Waals surface area contributed by atoms with Gasteiger partial charge in [-0.15, -0.1) is 0 Å². The van der Waals surface area contributed by atoms with E-state index in [1.165, 1.54) is 6.07 Å². The van der Waals surface area contributed by atoms with Gasteiger partial charge in [-0.1, -0.05) is 37.2 Å². The fourth-order valence-corrected chi connectivity index (χ4v) is 2.06. The Morgan fingerprint density at radius 2 is 2.15 bits per heavy atom. The van der Waals surface area contributed by atoms with Crippen LogP contribution in [-0.4, -0.2) is 29.9 Å². The van der Waals surface area contributed by atoms with Crippen LogP contribution >= 0.6 is 0 Å². The summed E-state index contributed by atoms with van der Waals surface area (Å²) in [5.41, 5.74) is 2.29. The van der Waals surface area contributed by atoms with Crippen LogP contribution in [0.1, 0.15) is 30.0 Å². The number of hydrogen-bond donors (Lipinski definition) is 1. The summed E-state index contributed by atoms with van der Waals surface area (Å²) in [4.78, 5) is 10.8. The summed E-state index contributed by atoms with van der Waals surface area (Å²) >= 11 is 0. The first kappa shape index (κ1) is 14.3. The minimum atomic E-state index is -1.13. The Bertz CT molecular complexity index is 616. The van der Waals surface area contributed by atoms with Gasteiger partial charge in [0, 0.05) is 24.2 Å². The van der Waals surface area contributed by atoms with E-state index in [2.05, 4.69) is 19.0 Å². The number of ether oxygens (including phenoxy) is 1. The molecular formula is C15H17NO4. The molecule has 5 heteroatoms. The standard InChI is InChI=1S/C15H17NO4/c1-15(2,9-19-3)11-6-4-5-10(7-11)12-8-13(14(17)18)20-16-12/h4-8H,9H2,1-3H3,(H,17,18). The maximum absolute atomic E-state index is 10.8. The second-order valence-electron chi connectivity index (χ2n) is 5.28. The molecule has 0 bridgehead atoms. The molecule has 0 aliphatic heterocycles. The number of carbonyl (C=O) groups is 1. The first-order valence-corrected chi connectivity index (χ1v) is 6.24. The largest absolute Gasteiger partial charge is 0.475 e. The van der Waals surface area contributed by atoms with Crippen molar-refractivity contribution < 1.29 is 19.2 Å².